The Labute approximate surface area is 99.2 Å². The zero-order chi connectivity index (χ0) is 11.4. The summed E-state index contributed by atoms with van der Waals surface area (Å²) in [5.74, 6) is 0.680. The Morgan fingerprint density at radius 2 is 2.19 bits per heavy atom. The molecule has 16 heavy (non-hydrogen) atoms. The van der Waals surface area contributed by atoms with Crippen molar-refractivity contribution in [3.8, 4) is 0 Å². The molecule has 1 aromatic rings. The van der Waals surface area contributed by atoms with E-state index in [0.29, 0.717) is 5.75 Å². The number of aromatic nitrogens is 3. The van der Waals surface area contributed by atoms with Crippen LogP contribution in [0.25, 0.3) is 0 Å². The lowest BCUT2D eigenvalue weighted by Crippen LogP contribution is -2.36. The SMILES string of the molecule is Cn1ncnc1SCC(=O)N1CCCCC1. The molecule has 1 aliphatic rings. The average molecular weight is 240 g/mol. The van der Waals surface area contributed by atoms with Gasteiger partial charge < -0.3 is 4.90 Å². The number of nitrogens with zero attached hydrogens (tertiary/aromatic N) is 4. The molecule has 5 nitrogen and oxygen atoms in total. The van der Waals surface area contributed by atoms with Crippen molar-refractivity contribution in [2.75, 3.05) is 18.8 Å². The zero-order valence-electron chi connectivity index (χ0n) is 9.43. The number of aryl methyl sites for hydroxylation is 1. The molecule has 0 saturated carbocycles. The van der Waals surface area contributed by atoms with E-state index in [1.54, 1.807) is 4.68 Å². The first-order valence-corrected chi connectivity index (χ1v) is 6.50. The predicted molar refractivity (Wildman–Crippen MR) is 62.2 cm³/mol. The number of carbonyl (C=O) groups is 1. The standard InChI is InChI=1S/C10H16N4OS/c1-13-10(11-8-12-13)16-7-9(15)14-5-3-2-4-6-14/h8H,2-7H2,1H3. The van der Waals surface area contributed by atoms with Gasteiger partial charge in [-0.25, -0.2) is 9.67 Å². The highest BCUT2D eigenvalue weighted by Gasteiger charge is 2.17. The molecule has 1 amide bonds. The molecule has 0 aromatic carbocycles. The van der Waals surface area contributed by atoms with Crippen LogP contribution in [-0.2, 0) is 11.8 Å². The summed E-state index contributed by atoms with van der Waals surface area (Å²) in [4.78, 5) is 17.9. The van der Waals surface area contributed by atoms with Crippen molar-refractivity contribution >= 4 is 17.7 Å². The Bertz CT molecular complexity index is 359. The number of hydrogen-bond donors (Lipinski definition) is 0. The second kappa shape index (κ2) is 5.34. The molecule has 0 radical (unpaired) electrons. The number of likely N-dealkylation sites (tertiary alicyclic amines) is 1. The van der Waals surface area contributed by atoms with Gasteiger partial charge in [0.15, 0.2) is 5.16 Å². The molecule has 1 aliphatic heterocycles. The fourth-order valence-corrected chi connectivity index (χ4v) is 2.57. The minimum absolute atomic E-state index is 0.215. The first-order chi connectivity index (χ1) is 7.77. The molecule has 0 unspecified atom stereocenters. The number of hydrogen-bond acceptors (Lipinski definition) is 4. The first kappa shape index (κ1) is 11.4. The van der Waals surface area contributed by atoms with Crippen LogP contribution < -0.4 is 0 Å². The highest BCUT2D eigenvalue weighted by atomic mass is 32.2. The number of thioether (sulfide) groups is 1. The molecule has 1 saturated heterocycles. The lowest BCUT2D eigenvalue weighted by Gasteiger charge is -2.26. The monoisotopic (exact) mass is 240 g/mol. The number of amides is 1. The molecule has 1 fully saturated rings. The van der Waals surface area contributed by atoms with Crippen LogP contribution in [0.1, 0.15) is 19.3 Å². The third kappa shape index (κ3) is 2.75. The summed E-state index contributed by atoms with van der Waals surface area (Å²) < 4.78 is 1.69. The normalized spacial score (nSPS) is 16.4. The van der Waals surface area contributed by atoms with Gasteiger partial charge in [0.05, 0.1) is 5.75 Å². The Morgan fingerprint density at radius 3 is 2.81 bits per heavy atom. The van der Waals surface area contributed by atoms with Gasteiger partial charge in [-0.3, -0.25) is 4.79 Å². The van der Waals surface area contributed by atoms with E-state index in [-0.39, 0.29) is 5.91 Å². The summed E-state index contributed by atoms with van der Waals surface area (Å²) in [5, 5.41) is 4.76. The predicted octanol–water partition coefficient (Wildman–Crippen LogP) is 0.920. The minimum Gasteiger partial charge on any atom is -0.342 e. The van der Waals surface area contributed by atoms with Crippen LogP contribution in [0.5, 0.6) is 0 Å². The van der Waals surface area contributed by atoms with E-state index >= 15 is 0 Å². The number of carbonyl (C=O) groups excluding carboxylic acids is 1. The van der Waals surface area contributed by atoms with Crippen LogP contribution in [-0.4, -0.2) is 44.4 Å². The fourth-order valence-electron chi connectivity index (χ4n) is 1.78. The van der Waals surface area contributed by atoms with Crippen LogP contribution in [0, 0.1) is 0 Å². The van der Waals surface area contributed by atoms with Gasteiger partial charge in [-0.05, 0) is 19.3 Å². The first-order valence-electron chi connectivity index (χ1n) is 5.52. The smallest absolute Gasteiger partial charge is 0.233 e. The number of rotatable bonds is 3. The van der Waals surface area contributed by atoms with E-state index in [9.17, 15) is 4.79 Å². The average Bonchev–Trinajstić information content (AvgIpc) is 2.73. The summed E-state index contributed by atoms with van der Waals surface area (Å²) in [6.07, 6.45) is 5.04. The second-order valence-corrected chi connectivity index (χ2v) is 4.84. The number of piperidine rings is 1. The van der Waals surface area contributed by atoms with Crippen molar-refractivity contribution in [1.29, 1.82) is 0 Å². The second-order valence-electron chi connectivity index (χ2n) is 3.90. The largest absolute Gasteiger partial charge is 0.342 e. The Kier molecular flexibility index (Phi) is 3.82. The molecule has 6 heteroatoms. The van der Waals surface area contributed by atoms with Crippen molar-refractivity contribution in [2.45, 2.75) is 24.4 Å². The Hall–Kier alpha value is -1.04. The molecule has 1 aromatic heterocycles. The molecule has 0 spiro atoms. The van der Waals surface area contributed by atoms with Gasteiger partial charge in [0.25, 0.3) is 0 Å². The molecule has 2 rings (SSSR count). The Balaban J connectivity index is 1.81. The van der Waals surface area contributed by atoms with Crippen molar-refractivity contribution in [3.63, 3.8) is 0 Å². The molecule has 0 N–H and O–H groups in total. The van der Waals surface area contributed by atoms with Gasteiger partial charge in [0, 0.05) is 20.1 Å². The third-order valence-electron chi connectivity index (χ3n) is 2.70. The maximum atomic E-state index is 11.9. The van der Waals surface area contributed by atoms with E-state index in [4.69, 9.17) is 0 Å². The lowest BCUT2D eigenvalue weighted by molar-refractivity contribution is -0.129. The minimum atomic E-state index is 0.215. The van der Waals surface area contributed by atoms with Crippen molar-refractivity contribution in [3.05, 3.63) is 6.33 Å². The van der Waals surface area contributed by atoms with Crippen molar-refractivity contribution in [2.24, 2.45) is 7.05 Å². The van der Waals surface area contributed by atoms with Crippen LogP contribution >= 0.6 is 11.8 Å². The van der Waals surface area contributed by atoms with E-state index in [2.05, 4.69) is 10.1 Å². The van der Waals surface area contributed by atoms with E-state index in [1.165, 1.54) is 24.5 Å². The van der Waals surface area contributed by atoms with E-state index in [1.807, 2.05) is 11.9 Å². The highest BCUT2D eigenvalue weighted by Crippen LogP contribution is 2.16. The highest BCUT2D eigenvalue weighted by molar-refractivity contribution is 7.99. The maximum absolute atomic E-state index is 11.9. The summed E-state index contributed by atoms with van der Waals surface area (Å²) in [6.45, 7) is 1.83. The fraction of sp³-hybridized carbons (Fsp3) is 0.700. The van der Waals surface area contributed by atoms with Gasteiger partial charge in [-0.1, -0.05) is 11.8 Å². The molecular formula is C10H16N4OS. The summed E-state index contributed by atoms with van der Waals surface area (Å²) >= 11 is 1.45. The summed E-state index contributed by atoms with van der Waals surface area (Å²) in [7, 11) is 1.83. The van der Waals surface area contributed by atoms with Crippen LogP contribution in [0.15, 0.2) is 11.5 Å². The molecular weight excluding hydrogens is 224 g/mol. The quantitative estimate of drug-likeness (QED) is 0.737. The summed E-state index contributed by atoms with van der Waals surface area (Å²) in [5.41, 5.74) is 0. The molecule has 0 aliphatic carbocycles. The van der Waals surface area contributed by atoms with Crippen LogP contribution in [0.4, 0.5) is 0 Å². The summed E-state index contributed by atoms with van der Waals surface area (Å²) in [6, 6.07) is 0. The van der Waals surface area contributed by atoms with Crippen LogP contribution in [0.3, 0.4) is 0 Å². The van der Waals surface area contributed by atoms with Gasteiger partial charge >= 0.3 is 0 Å². The van der Waals surface area contributed by atoms with Gasteiger partial charge in [-0.2, -0.15) is 5.10 Å². The topological polar surface area (TPSA) is 51.0 Å². The van der Waals surface area contributed by atoms with Gasteiger partial charge in [0.2, 0.25) is 5.91 Å². The molecule has 0 atom stereocenters. The molecule has 88 valence electrons. The van der Waals surface area contributed by atoms with E-state index in [0.717, 1.165) is 31.1 Å². The Morgan fingerprint density at radius 1 is 1.44 bits per heavy atom. The van der Waals surface area contributed by atoms with Gasteiger partial charge in [0.1, 0.15) is 6.33 Å². The van der Waals surface area contributed by atoms with Crippen molar-refractivity contribution in [1.82, 2.24) is 19.7 Å². The van der Waals surface area contributed by atoms with Gasteiger partial charge in [-0.15, -0.1) is 0 Å². The zero-order valence-corrected chi connectivity index (χ0v) is 10.2. The molecule has 2 heterocycles. The molecule has 0 bridgehead atoms. The maximum Gasteiger partial charge on any atom is 0.233 e. The van der Waals surface area contributed by atoms with Crippen LogP contribution in [0.2, 0.25) is 0 Å². The lowest BCUT2D eigenvalue weighted by atomic mass is 10.1. The van der Waals surface area contributed by atoms with Crippen molar-refractivity contribution < 1.29 is 4.79 Å². The van der Waals surface area contributed by atoms with E-state index < -0.39 is 0 Å². The third-order valence-corrected chi connectivity index (χ3v) is 3.72.